The third-order valence-electron chi connectivity index (χ3n) is 9.91. The van der Waals surface area contributed by atoms with Gasteiger partial charge in [0.1, 0.15) is 24.6 Å². The predicted molar refractivity (Wildman–Crippen MR) is 159 cm³/mol. The SMILES string of the molecule is CCCN[C@H]1CS[C@@H]2c3c(O)c(C)c4c(c3[C@H](COC1=O)N1C2[C@H]2c3c(cc(C)c(OC)c3O)C[C@@H]([C@@H]1O)N2C)OCO4. The highest BCUT2D eigenvalue weighted by atomic mass is 32.2. The molecule has 4 N–H and O–H groups in total. The zero-order valence-corrected chi connectivity index (χ0v) is 25.9. The number of methoxy groups -OCH3 is 1. The van der Waals surface area contributed by atoms with E-state index in [-0.39, 0.29) is 43.0 Å². The van der Waals surface area contributed by atoms with Crippen LogP contribution in [0.15, 0.2) is 6.07 Å². The third kappa shape index (κ3) is 4.06. The average Bonchev–Trinajstić information content (AvgIpc) is 3.47. The molecule has 2 fully saturated rings. The summed E-state index contributed by atoms with van der Waals surface area (Å²) in [4.78, 5) is 17.5. The number of benzene rings is 2. The van der Waals surface area contributed by atoms with Gasteiger partial charge in [-0.1, -0.05) is 13.0 Å². The van der Waals surface area contributed by atoms with Crippen LogP contribution in [0.5, 0.6) is 28.7 Å². The van der Waals surface area contributed by atoms with Gasteiger partial charge in [-0.2, -0.15) is 0 Å². The number of thioether (sulfide) groups is 1. The van der Waals surface area contributed by atoms with Crippen LogP contribution in [0.25, 0.3) is 0 Å². The number of aryl methyl sites for hydroxylation is 1. The number of nitrogens with zero attached hydrogens (tertiary/aromatic N) is 2. The molecule has 0 aliphatic carbocycles. The summed E-state index contributed by atoms with van der Waals surface area (Å²) < 4.78 is 23.5. The Kier molecular flexibility index (Phi) is 7.13. The van der Waals surface area contributed by atoms with Crippen molar-refractivity contribution in [3.63, 3.8) is 0 Å². The van der Waals surface area contributed by atoms with Gasteiger partial charge in [0, 0.05) is 34.0 Å². The van der Waals surface area contributed by atoms with E-state index in [4.69, 9.17) is 18.9 Å². The number of piperazine rings is 1. The maximum atomic E-state index is 13.3. The van der Waals surface area contributed by atoms with E-state index in [0.29, 0.717) is 52.7 Å². The van der Waals surface area contributed by atoms with Crippen LogP contribution in [-0.2, 0) is 16.0 Å². The Labute approximate surface area is 255 Å². The first-order valence-electron chi connectivity index (χ1n) is 14.9. The largest absolute Gasteiger partial charge is 0.507 e. The van der Waals surface area contributed by atoms with Crippen LogP contribution in [0, 0.1) is 13.8 Å². The van der Waals surface area contributed by atoms with Gasteiger partial charge in [0.2, 0.25) is 6.79 Å². The summed E-state index contributed by atoms with van der Waals surface area (Å²) in [6.07, 6.45) is 0.446. The fraction of sp³-hybridized carbons (Fsp3) is 0.581. The van der Waals surface area contributed by atoms with Crippen molar-refractivity contribution in [3.05, 3.63) is 39.4 Å². The van der Waals surface area contributed by atoms with E-state index < -0.39 is 29.6 Å². The molecule has 4 bridgehead atoms. The Morgan fingerprint density at radius 2 is 1.88 bits per heavy atom. The molecule has 7 atom stereocenters. The Bertz CT molecular complexity index is 1490. The monoisotopic (exact) mass is 613 g/mol. The molecule has 2 saturated heterocycles. The second-order valence-corrected chi connectivity index (χ2v) is 13.3. The maximum Gasteiger partial charge on any atom is 0.324 e. The minimum atomic E-state index is -0.932. The second kappa shape index (κ2) is 10.6. The molecule has 43 heavy (non-hydrogen) atoms. The fourth-order valence-electron chi connectivity index (χ4n) is 7.98. The van der Waals surface area contributed by atoms with Crippen LogP contribution in [0.3, 0.4) is 0 Å². The van der Waals surface area contributed by atoms with Crippen molar-refractivity contribution in [1.29, 1.82) is 0 Å². The lowest BCUT2D eigenvalue weighted by atomic mass is 9.73. The number of aliphatic hydroxyl groups is 1. The standard InChI is InChI=1S/C31H39N3O8S/c1-6-7-32-16-11-43-29-21-20(28-27(41-12-42-28)14(3)24(21)35)18(10-40-31(16)38)34-23(29)22-19-15(9-17(30(34)37)33(22)4)8-13(2)26(39-5)25(19)36/h8,16-18,22-23,29-30,32,35-37H,6-7,9-12H2,1-5H3/t16-,17-,18-,22+,23?,29+,30-/m0/s1. The number of nitrogens with one attached hydrogen (secondary N) is 1. The first kappa shape index (κ1) is 28.8. The lowest BCUT2D eigenvalue weighted by Gasteiger charge is -2.62. The topological polar surface area (TPSA) is 133 Å². The number of carbonyl (C=O) groups excluding carboxylic acids is 1. The zero-order chi connectivity index (χ0) is 30.3. The van der Waals surface area contributed by atoms with Gasteiger partial charge in [0.05, 0.1) is 30.5 Å². The Hall–Kier alpha value is -2.90. The van der Waals surface area contributed by atoms with E-state index in [0.717, 1.165) is 23.1 Å². The zero-order valence-electron chi connectivity index (χ0n) is 25.0. The molecule has 0 saturated carbocycles. The predicted octanol–water partition coefficient (Wildman–Crippen LogP) is 2.81. The Morgan fingerprint density at radius 1 is 1.12 bits per heavy atom. The fourth-order valence-corrected chi connectivity index (χ4v) is 9.52. The summed E-state index contributed by atoms with van der Waals surface area (Å²) in [7, 11) is 3.54. The molecule has 0 spiro atoms. The van der Waals surface area contributed by atoms with Gasteiger partial charge in [0.15, 0.2) is 23.0 Å². The Balaban J connectivity index is 1.48. The summed E-state index contributed by atoms with van der Waals surface area (Å²) in [5.41, 5.74) is 4.55. The molecule has 1 unspecified atom stereocenters. The first-order valence-corrected chi connectivity index (χ1v) is 16.0. The van der Waals surface area contributed by atoms with Gasteiger partial charge in [-0.3, -0.25) is 14.6 Å². The van der Waals surface area contributed by atoms with Gasteiger partial charge in [-0.25, -0.2) is 0 Å². The molecule has 0 radical (unpaired) electrons. The normalized spacial score (nSPS) is 31.2. The van der Waals surface area contributed by atoms with Crippen molar-refractivity contribution in [2.45, 2.75) is 75.3 Å². The summed E-state index contributed by atoms with van der Waals surface area (Å²) in [6, 6.07) is -0.177. The van der Waals surface area contributed by atoms with E-state index in [9.17, 15) is 20.1 Å². The summed E-state index contributed by atoms with van der Waals surface area (Å²) in [6.45, 7) is 6.41. The van der Waals surface area contributed by atoms with Gasteiger partial charge in [-0.05, 0) is 51.4 Å². The quantitative estimate of drug-likeness (QED) is 0.378. The van der Waals surface area contributed by atoms with Crippen LogP contribution < -0.4 is 19.5 Å². The number of carbonyl (C=O) groups is 1. The molecule has 0 amide bonds. The third-order valence-corrected chi connectivity index (χ3v) is 11.3. The molecule has 6 aliphatic heterocycles. The maximum absolute atomic E-state index is 13.3. The number of fused-ring (bicyclic) bond motifs is 10. The summed E-state index contributed by atoms with van der Waals surface area (Å²) in [5, 5.41) is 38.6. The highest BCUT2D eigenvalue weighted by molar-refractivity contribution is 7.99. The molecule has 12 heteroatoms. The molecule has 8 rings (SSSR count). The minimum absolute atomic E-state index is 0.0136. The van der Waals surface area contributed by atoms with Gasteiger partial charge in [-0.15, -0.1) is 11.8 Å². The number of ether oxygens (including phenoxy) is 4. The molecular formula is C31H39N3O8S. The highest BCUT2D eigenvalue weighted by Crippen LogP contribution is 2.63. The number of rotatable bonds is 4. The van der Waals surface area contributed by atoms with Gasteiger partial charge >= 0.3 is 5.97 Å². The number of hydrogen-bond donors (Lipinski definition) is 4. The molecule has 11 nitrogen and oxygen atoms in total. The minimum Gasteiger partial charge on any atom is -0.507 e. The lowest BCUT2D eigenvalue weighted by molar-refractivity contribution is -0.184. The van der Waals surface area contributed by atoms with Crippen LogP contribution in [0.4, 0.5) is 0 Å². The number of likely N-dealkylation sites (N-methyl/N-ethyl adjacent to an activating group) is 1. The smallest absolute Gasteiger partial charge is 0.324 e. The average molecular weight is 614 g/mol. The number of aliphatic hydroxyl groups excluding tert-OH is 1. The van der Waals surface area contributed by atoms with E-state index in [1.165, 1.54) is 0 Å². The molecule has 6 heterocycles. The number of phenols is 2. The molecule has 2 aromatic carbocycles. The first-order chi connectivity index (χ1) is 20.7. The number of phenolic OH excluding ortho intramolecular Hbond substituents is 2. The number of aromatic hydroxyl groups is 2. The van der Waals surface area contributed by atoms with Crippen LogP contribution in [0.2, 0.25) is 0 Å². The highest BCUT2D eigenvalue weighted by Gasteiger charge is 2.60. The Morgan fingerprint density at radius 3 is 2.63 bits per heavy atom. The lowest BCUT2D eigenvalue weighted by Crippen LogP contribution is -2.69. The molecule has 6 aliphatic rings. The van der Waals surface area contributed by atoms with Crippen molar-refractivity contribution >= 4 is 17.7 Å². The second-order valence-electron chi connectivity index (χ2n) is 12.2. The van der Waals surface area contributed by atoms with E-state index in [1.807, 2.05) is 32.7 Å². The van der Waals surface area contributed by atoms with Crippen LogP contribution in [-0.4, -0.2) is 95.3 Å². The van der Waals surface area contributed by atoms with Gasteiger partial charge in [0.25, 0.3) is 0 Å². The summed E-state index contributed by atoms with van der Waals surface area (Å²) >= 11 is 1.55. The molecule has 2 aromatic rings. The van der Waals surface area contributed by atoms with Crippen LogP contribution in [0.1, 0.15) is 64.1 Å². The molecule has 0 aromatic heterocycles. The van der Waals surface area contributed by atoms with E-state index in [2.05, 4.69) is 16.3 Å². The molecular weight excluding hydrogens is 574 g/mol. The van der Waals surface area contributed by atoms with Crippen molar-refractivity contribution < 1.29 is 39.1 Å². The summed E-state index contributed by atoms with van der Waals surface area (Å²) in [5.74, 6) is 1.69. The van der Waals surface area contributed by atoms with E-state index in [1.54, 1.807) is 18.9 Å². The van der Waals surface area contributed by atoms with Crippen molar-refractivity contribution in [2.24, 2.45) is 0 Å². The van der Waals surface area contributed by atoms with Crippen molar-refractivity contribution in [2.75, 3.05) is 39.9 Å². The van der Waals surface area contributed by atoms with Crippen molar-refractivity contribution in [1.82, 2.24) is 15.1 Å². The van der Waals surface area contributed by atoms with Gasteiger partial charge < -0.3 is 39.6 Å². The number of esters is 1. The van der Waals surface area contributed by atoms with E-state index >= 15 is 0 Å². The van der Waals surface area contributed by atoms with Crippen molar-refractivity contribution in [3.8, 4) is 28.7 Å². The number of hydrogen-bond acceptors (Lipinski definition) is 12. The van der Waals surface area contributed by atoms with Crippen LogP contribution >= 0.6 is 11.8 Å². The molecule has 232 valence electrons.